The van der Waals surface area contributed by atoms with Gasteiger partial charge in [0, 0.05) is 20.8 Å². The standard InChI is InChI=1S/C9H14BrNS/c1-3-4-8(11)9-6(2)7(10)5-12-9/h5,8H,3-4,11H2,1-2H3/t8-/m0/s1. The van der Waals surface area contributed by atoms with Crippen molar-refractivity contribution < 1.29 is 0 Å². The number of hydrogen-bond acceptors (Lipinski definition) is 2. The van der Waals surface area contributed by atoms with Crippen LogP contribution >= 0.6 is 27.3 Å². The fourth-order valence-corrected chi connectivity index (χ4v) is 2.83. The first-order valence-corrected chi connectivity index (χ1v) is 5.83. The van der Waals surface area contributed by atoms with Gasteiger partial charge in [0.15, 0.2) is 0 Å². The number of halogens is 1. The van der Waals surface area contributed by atoms with Crippen LogP contribution in [-0.4, -0.2) is 0 Å². The molecule has 1 rings (SSSR count). The Hall–Kier alpha value is 0.140. The summed E-state index contributed by atoms with van der Waals surface area (Å²) in [6, 6.07) is 0.228. The molecule has 0 unspecified atom stereocenters. The van der Waals surface area contributed by atoms with Crippen molar-refractivity contribution in [3.8, 4) is 0 Å². The van der Waals surface area contributed by atoms with E-state index in [4.69, 9.17) is 5.73 Å². The first kappa shape index (κ1) is 10.2. The van der Waals surface area contributed by atoms with Crippen LogP contribution in [0.3, 0.4) is 0 Å². The molecule has 12 heavy (non-hydrogen) atoms. The molecule has 0 aliphatic carbocycles. The molecule has 0 spiro atoms. The molecule has 3 heteroatoms. The molecule has 68 valence electrons. The first-order chi connectivity index (χ1) is 5.66. The summed E-state index contributed by atoms with van der Waals surface area (Å²) in [5.41, 5.74) is 7.32. The van der Waals surface area contributed by atoms with Gasteiger partial charge in [-0.3, -0.25) is 0 Å². The van der Waals surface area contributed by atoms with Crippen molar-refractivity contribution in [2.75, 3.05) is 0 Å². The fraction of sp³-hybridized carbons (Fsp3) is 0.556. The summed E-state index contributed by atoms with van der Waals surface area (Å²) in [5, 5.41) is 2.11. The summed E-state index contributed by atoms with van der Waals surface area (Å²) >= 11 is 5.24. The summed E-state index contributed by atoms with van der Waals surface area (Å²) in [7, 11) is 0. The maximum Gasteiger partial charge on any atom is 0.0392 e. The van der Waals surface area contributed by atoms with E-state index in [9.17, 15) is 0 Å². The lowest BCUT2D eigenvalue weighted by molar-refractivity contribution is 0.645. The molecule has 0 aliphatic rings. The summed E-state index contributed by atoms with van der Waals surface area (Å²) < 4.78 is 1.19. The molecule has 0 saturated carbocycles. The zero-order chi connectivity index (χ0) is 9.14. The third-order valence-corrected chi connectivity index (χ3v) is 4.30. The summed E-state index contributed by atoms with van der Waals surface area (Å²) in [5.74, 6) is 0. The molecule has 0 aliphatic heterocycles. The molecular formula is C9H14BrNS. The van der Waals surface area contributed by atoms with Gasteiger partial charge in [-0.2, -0.15) is 0 Å². The zero-order valence-electron chi connectivity index (χ0n) is 7.43. The lowest BCUT2D eigenvalue weighted by atomic mass is 10.1. The smallest absolute Gasteiger partial charge is 0.0392 e. The van der Waals surface area contributed by atoms with Gasteiger partial charge in [0.05, 0.1) is 0 Å². The van der Waals surface area contributed by atoms with Crippen molar-refractivity contribution in [2.45, 2.75) is 32.7 Å². The van der Waals surface area contributed by atoms with Crippen molar-refractivity contribution in [1.29, 1.82) is 0 Å². The number of hydrogen-bond donors (Lipinski definition) is 1. The van der Waals surface area contributed by atoms with Crippen molar-refractivity contribution in [3.05, 3.63) is 20.3 Å². The third kappa shape index (κ3) is 2.09. The maximum atomic E-state index is 6.01. The van der Waals surface area contributed by atoms with Crippen LogP contribution in [0.25, 0.3) is 0 Å². The average molecular weight is 248 g/mol. The van der Waals surface area contributed by atoms with E-state index in [1.807, 2.05) is 0 Å². The summed E-state index contributed by atoms with van der Waals surface area (Å²) in [4.78, 5) is 1.32. The summed E-state index contributed by atoms with van der Waals surface area (Å²) in [6.07, 6.45) is 2.23. The molecule has 0 bridgehead atoms. The number of nitrogens with two attached hydrogens (primary N) is 1. The molecule has 0 radical (unpaired) electrons. The maximum absolute atomic E-state index is 6.01. The molecule has 1 atom stereocenters. The Balaban J connectivity index is 2.80. The van der Waals surface area contributed by atoms with E-state index in [-0.39, 0.29) is 6.04 Å². The predicted molar refractivity (Wildman–Crippen MR) is 58.6 cm³/mol. The van der Waals surface area contributed by atoms with Crippen molar-refractivity contribution >= 4 is 27.3 Å². The van der Waals surface area contributed by atoms with Gasteiger partial charge >= 0.3 is 0 Å². The van der Waals surface area contributed by atoms with Gasteiger partial charge in [0.2, 0.25) is 0 Å². The van der Waals surface area contributed by atoms with E-state index in [2.05, 4.69) is 35.2 Å². The quantitative estimate of drug-likeness (QED) is 0.868. The van der Waals surface area contributed by atoms with Crippen LogP contribution in [0.2, 0.25) is 0 Å². The van der Waals surface area contributed by atoms with Gasteiger partial charge in [-0.25, -0.2) is 0 Å². The molecule has 1 nitrogen and oxygen atoms in total. The zero-order valence-corrected chi connectivity index (χ0v) is 9.83. The Morgan fingerprint density at radius 3 is 2.75 bits per heavy atom. The number of thiophene rings is 1. The molecule has 0 saturated heterocycles. The van der Waals surface area contributed by atoms with Gasteiger partial charge in [-0.05, 0) is 34.8 Å². The van der Waals surface area contributed by atoms with Gasteiger partial charge < -0.3 is 5.73 Å². The highest BCUT2D eigenvalue weighted by Gasteiger charge is 2.11. The van der Waals surface area contributed by atoms with Crippen molar-refractivity contribution in [2.24, 2.45) is 5.73 Å². The van der Waals surface area contributed by atoms with E-state index in [0.717, 1.165) is 12.8 Å². The van der Waals surface area contributed by atoms with Crippen LogP contribution in [0.1, 0.15) is 36.2 Å². The highest BCUT2D eigenvalue weighted by Crippen LogP contribution is 2.31. The minimum atomic E-state index is 0.228. The van der Waals surface area contributed by atoms with Crippen LogP contribution in [0.15, 0.2) is 9.85 Å². The largest absolute Gasteiger partial charge is 0.323 e. The van der Waals surface area contributed by atoms with E-state index < -0.39 is 0 Å². The van der Waals surface area contributed by atoms with Crippen LogP contribution in [0, 0.1) is 6.92 Å². The Labute approximate surface area is 86.1 Å². The predicted octanol–water partition coefficient (Wildman–Crippen LogP) is 3.62. The van der Waals surface area contributed by atoms with Crippen molar-refractivity contribution in [3.63, 3.8) is 0 Å². The molecule has 1 aromatic heterocycles. The van der Waals surface area contributed by atoms with Gasteiger partial charge in [-0.1, -0.05) is 13.3 Å². The van der Waals surface area contributed by atoms with Crippen LogP contribution < -0.4 is 5.73 Å². The molecule has 0 aromatic carbocycles. The second-order valence-electron chi connectivity index (χ2n) is 2.97. The SMILES string of the molecule is CCC[C@H](N)c1scc(Br)c1C. The molecule has 0 amide bonds. The van der Waals surface area contributed by atoms with Gasteiger partial charge in [-0.15, -0.1) is 11.3 Å². The average Bonchev–Trinajstić information content (AvgIpc) is 2.34. The van der Waals surface area contributed by atoms with Crippen LogP contribution in [0.4, 0.5) is 0 Å². The highest BCUT2D eigenvalue weighted by atomic mass is 79.9. The molecule has 1 aromatic rings. The lowest BCUT2D eigenvalue weighted by Crippen LogP contribution is -2.08. The summed E-state index contributed by atoms with van der Waals surface area (Å²) in [6.45, 7) is 4.28. The Bertz CT molecular complexity index is 257. The first-order valence-electron chi connectivity index (χ1n) is 4.15. The molecule has 2 N–H and O–H groups in total. The van der Waals surface area contributed by atoms with Gasteiger partial charge in [0.1, 0.15) is 0 Å². The third-order valence-electron chi connectivity index (χ3n) is 1.95. The minimum Gasteiger partial charge on any atom is -0.323 e. The van der Waals surface area contributed by atoms with E-state index in [1.54, 1.807) is 11.3 Å². The van der Waals surface area contributed by atoms with Crippen LogP contribution in [0.5, 0.6) is 0 Å². The van der Waals surface area contributed by atoms with Crippen LogP contribution in [-0.2, 0) is 0 Å². The number of rotatable bonds is 3. The lowest BCUT2D eigenvalue weighted by Gasteiger charge is -2.08. The van der Waals surface area contributed by atoms with E-state index >= 15 is 0 Å². The molecule has 0 fully saturated rings. The Kier molecular flexibility index (Phi) is 3.75. The highest BCUT2D eigenvalue weighted by molar-refractivity contribution is 9.10. The second-order valence-corrected chi connectivity index (χ2v) is 4.73. The van der Waals surface area contributed by atoms with E-state index in [0.29, 0.717) is 0 Å². The van der Waals surface area contributed by atoms with E-state index in [1.165, 1.54) is 14.9 Å². The molecular weight excluding hydrogens is 234 g/mol. The minimum absolute atomic E-state index is 0.228. The Morgan fingerprint density at radius 1 is 1.67 bits per heavy atom. The van der Waals surface area contributed by atoms with Gasteiger partial charge in [0.25, 0.3) is 0 Å². The monoisotopic (exact) mass is 247 g/mol. The fourth-order valence-electron chi connectivity index (χ4n) is 1.22. The normalized spacial score (nSPS) is 13.3. The molecule has 1 heterocycles. The topological polar surface area (TPSA) is 26.0 Å². The second kappa shape index (κ2) is 4.40. The Morgan fingerprint density at radius 2 is 2.33 bits per heavy atom. The van der Waals surface area contributed by atoms with Crippen molar-refractivity contribution in [1.82, 2.24) is 0 Å².